The molecule has 1 fully saturated rings. The fourth-order valence-electron chi connectivity index (χ4n) is 3.68. The van der Waals surface area contributed by atoms with Crippen molar-refractivity contribution in [3.8, 4) is 0 Å². The molecule has 1 heterocycles. The van der Waals surface area contributed by atoms with Gasteiger partial charge in [0.2, 0.25) is 0 Å². The van der Waals surface area contributed by atoms with E-state index in [-0.39, 0.29) is 17.7 Å². The van der Waals surface area contributed by atoms with E-state index in [1.807, 2.05) is 17.0 Å². The summed E-state index contributed by atoms with van der Waals surface area (Å²) in [6.07, 6.45) is 1.98. The maximum Gasteiger partial charge on any atom is 0.317 e. The number of carbonyl (C=O) groups excluding carboxylic acids is 3. The Bertz CT molecular complexity index is 986. The van der Waals surface area contributed by atoms with E-state index in [9.17, 15) is 18.8 Å². The molecule has 0 atom stereocenters. The SMILES string of the molecule is CCCCNC(=O)c1ccc(CNC(=O)N2CCN(c3ccc(C(C)=O)cc3F)CC2)cc1. The van der Waals surface area contributed by atoms with Crippen LogP contribution in [0.2, 0.25) is 0 Å². The number of halogens is 1. The zero-order valence-corrected chi connectivity index (χ0v) is 19.2. The van der Waals surface area contributed by atoms with Gasteiger partial charge in [0.15, 0.2) is 5.78 Å². The lowest BCUT2D eigenvalue weighted by molar-refractivity contribution is 0.0952. The van der Waals surface area contributed by atoms with Crippen LogP contribution in [0.25, 0.3) is 0 Å². The molecular formula is C25H31FN4O3. The molecule has 2 N–H and O–H groups in total. The first-order valence-corrected chi connectivity index (χ1v) is 11.3. The zero-order chi connectivity index (χ0) is 23.8. The van der Waals surface area contributed by atoms with Crippen LogP contribution >= 0.6 is 0 Å². The Morgan fingerprint density at radius 3 is 2.21 bits per heavy atom. The van der Waals surface area contributed by atoms with Gasteiger partial charge in [0.1, 0.15) is 5.82 Å². The van der Waals surface area contributed by atoms with Gasteiger partial charge in [-0.3, -0.25) is 9.59 Å². The summed E-state index contributed by atoms with van der Waals surface area (Å²) in [5.41, 5.74) is 2.29. The first-order valence-electron chi connectivity index (χ1n) is 11.3. The van der Waals surface area contributed by atoms with Crippen LogP contribution in [0.4, 0.5) is 14.9 Å². The Balaban J connectivity index is 1.46. The second-order valence-electron chi connectivity index (χ2n) is 8.16. The summed E-state index contributed by atoms with van der Waals surface area (Å²) in [5, 5.41) is 5.78. The number of amides is 3. The normalized spacial score (nSPS) is 13.5. The number of piperazine rings is 1. The van der Waals surface area contributed by atoms with Crippen molar-refractivity contribution in [1.29, 1.82) is 0 Å². The fourth-order valence-corrected chi connectivity index (χ4v) is 3.68. The van der Waals surface area contributed by atoms with E-state index in [0.717, 1.165) is 18.4 Å². The van der Waals surface area contributed by atoms with Crippen LogP contribution < -0.4 is 15.5 Å². The molecule has 3 rings (SSSR count). The van der Waals surface area contributed by atoms with E-state index in [1.54, 1.807) is 29.2 Å². The number of nitrogens with zero attached hydrogens (tertiary/aromatic N) is 2. The van der Waals surface area contributed by atoms with E-state index in [1.165, 1.54) is 13.0 Å². The molecule has 0 aliphatic carbocycles. The number of ketones is 1. The Hall–Kier alpha value is -3.42. The topological polar surface area (TPSA) is 81.8 Å². The van der Waals surface area contributed by atoms with E-state index in [0.29, 0.717) is 56.1 Å². The molecule has 0 spiro atoms. The minimum atomic E-state index is -0.428. The van der Waals surface area contributed by atoms with Gasteiger partial charge in [0, 0.05) is 50.4 Å². The van der Waals surface area contributed by atoms with Crippen molar-refractivity contribution in [3.63, 3.8) is 0 Å². The third kappa shape index (κ3) is 6.54. The predicted molar refractivity (Wildman–Crippen MR) is 126 cm³/mol. The zero-order valence-electron chi connectivity index (χ0n) is 19.2. The minimum Gasteiger partial charge on any atom is -0.366 e. The molecule has 1 aliphatic heterocycles. The summed E-state index contributed by atoms with van der Waals surface area (Å²) in [7, 11) is 0. The highest BCUT2D eigenvalue weighted by Gasteiger charge is 2.23. The molecule has 0 aromatic heterocycles. The smallest absolute Gasteiger partial charge is 0.317 e. The largest absolute Gasteiger partial charge is 0.366 e. The number of unbranched alkanes of at least 4 members (excludes halogenated alkanes) is 1. The maximum atomic E-state index is 14.4. The number of hydrogen-bond donors (Lipinski definition) is 2. The molecule has 2 aromatic carbocycles. The quantitative estimate of drug-likeness (QED) is 0.472. The van der Waals surface area contributed by atoms with Crippen LogP contribution in [0.5, 0.6) is 0 Å². The van der Waals surface area contributed by atoms with Crippen LogP contribution in [0.15, 0.2) is 42.5 Å². The lowest BCUT2D eigenvalue weighted by Gasteiger charge is -2.36. The monoisotopic (exact) mass is 454 g/mol. The van der Waals surface area contributed by atoms with Crippen molar-refractivity contribution in [1.82, 2.24) is 15.5 Å². The van der Waals surface area contributed by atoms with E-state index >= 15 is 0 Å². The molecule has 176 valence electrons. The molecular weight excluding hydrogens is 423 g/mol. The van der Waals surface area contributed by atoms with Gasteiger partial charge in [0.25, 0.3) is 5.91 Å². The number of hydrogen-bond acceptors (Lipinski definition) is 4. The van der Waals surface area contributed by atoms with Crippen molar-refractivity contribution in [2.75, 3.05) is 37.6 Å². The van der Waals surface area contributed by atoms with Gasteiger partial charge in [-0.15, -0.1) is 0 Å². The van der Waals surface area contributed by atoms with Gasteiger partial charge in [0.05, 0.1) is 5.69 Å². The van der Waals surface area contributed by atoms with Crippen LogP contribution in [-0.2, 0) is 6.54 Å². The van der Waals surface area contributed by atoms with E-state index in [4.69, 9.17) is 0 Å². The van der Waals surface area contributed by atoms with Gasteiger partial charge in [-0.1, -0.05) is 25.5 Å². The molecule has 1 saturated heterocycles. The standard InChI is InChI=1S/C25H31FN4O3/c1-3-4-11-27-24(32)20-7-5-19(6-8-20)17-28-25(33)30-14-12-29(13-15-30)23-10-9-21(18(2)31)16-22(23)26/h5-10,16H,3-4,11-15,17H2,1-2H3,(H,27,32)(H,28,33). The average Bonchev–Trinajstić information content (AvgIpc) is 2.83. The number of nitrogens with one attached hydrogen (secondary N) is 2. The fraction of sp³-hybridized carbons (Fsp3) is 0.400. The molecule has 3 amide bonds. The summed E-state index contributed by atoms with van der Waals surface area (Å²) in [5.74, 6) is -0.695. The van der Waals surface area contributed by atoms with Crippen molar-refractivity contribution < 1.29 is 18.8 Å². The van der Waals surface area contributed by atoms with Crippen LogP contribution in [0, 0.1) is 5.82 Å². The molecule has 0 unspecified atom stereocenters. The highest BCUT2D eigenvalue weighted by Crippen LogP contribution is 2.22. The Labute approximate surface area is 193 Å². The third-order valence-corrected chi connectivity index (χ3v) is 5.74. The second kappa shape index (κ2) is 11.4. The summed E-state index contributed by atoms with van der Waals surface area (Å²) < 4.78 is 14.4. The number of carbonyl (C=O) groups is 3. The average molecular weight is 455 g/mol. The molecule has 1 aliphatic rings. The van der Waals surface area contributed by atoms with Gasteiger partial charge < -0.3 is 20.4 Å². The minimum absolute atomic E-state index is 0.0933. The van der Waals surface area contributed by atoms with Gasteiger partial charge in [-0.05, 0) is 49.2 Å². The molecule has 33 heavy (non-hydrogen) atoms. The molecule has 0 radical (unpaired) electrons. The van der Waals surface area contributed by atoms with Crippen molar-refractivity contribution in [2.24, 2.45) is 0 Å². The van der Waals surface area contributed by atoms with Crippen LogP contribution in [0.3, 0.4) is 0 Å². The van der Waals surface area contributed by atoms with E-state index in [2.05, 4.69) is 17.6 Å². The molecule has 8 heteroatoms. The van der Waals surface area contributed by atoms with Gasteiger partial charge in [-0.2, -0.15) is 0 Å². The highest BCUT2D eigenvalue weighted by atomic mass is 19.1. The number of rotatable bonds is 8. The Morgan fingerprint density at radius 1 is 0.939 bits per heavy atom. The number of benzene rings is 2. The molecule has 2 aromatic rings. The van der Waals surface area contributed by atoms with E-state index < -0.39 is 5.82 Å². The van der Waals surface area contributed by atoms with Crippen molar-refractivity contribution >= 4 is 23.4 Å². The Morgan fingerprint density at radius 2 is 1.61 bits per heavy atom. The number of Topliss-reactive ketones (excluding diaryl/α,β-unsaturated/α-hetero) is 1. The summed E-state index contributed by atoms with van der Waals surface area (Å²) in [6.45, 7) is 6.45. The molecule has 0 bridgehead atoms. The first kappa shape index (κ1) is 24.2. The van der Waals surface area contributed by atoms with Crippen LogP contribution in [0.1, 0.15) is 53.0 Å². The summed E-state index contributed by atoms with van der Waals surface area (Å²) in [6, 6.07) is 11.5. The molecule has 7 nitrogen and oxygen atoms in total. The number of urea groups is 1. The number of anilines is 1. The van der Waals surface area contributed by atoms with Crippen LogP contribution in [-0.4, -0.2) is 55.3 Å². The maximum absolute atomic E-state index is 14.4. The third-order valence-electron chi connectivity index (χ3n) is 5.74. The lowest BCUT2D eigenvalue weighted by atomic mass is 10.1. The van der Waals surface area contributed by atoms with Crippen molar-refractivity contribution in [3.05, 3.63) is 65.0 Å². The highest BCUT2D eigenvalue weighted by molar-refractivity contribution is 5.94. The predicted octanol–water partition coefficient (Wildman–Crippen LogP) is 3.59. The van der Waals surface area contributed by atoms with Crippen molar-refractivity contribution in [2.45, 2.75) is 33.2 Å². The second-order valence-corrected chi connectivity index (χ2v) is 8.16. The van der Waals surface area contributed by atoms with Gasteiger partial charge in [-0.25, -0.2) is 9.18 Å². The lowest BCUT2D eigenvalue weighted by Crippen LogP contribution is -2.51. The first-order chi connectivity index (χ1) is 15.9. The van der Waals surface area contributed by atoms with Gasteiger partial charge >= 0.3 is 6.03 Å². The summed E-state index contributed by atoms with van der Waals surface area (Å²) >= 11 is 0. The Kier molecular flexibility index (Phi) is 8.40. The summed E-state index contributed by atoms with van der Waals surface area (Å²) in [4.78, 5) is 39.6. The molecule has 0 saturated carbocycles.